The lowest BCUT2D eigenvalue weighted by atomic mass is 9.97. The molecule has 0 heterocycles. The lowest BCUT2D eigenvalue weighted by molar-refractivity contribution is 0.167. The van der Waals surface area contributed by atoms with Gasteiger partial charge in [-0.25, -0.2) is 0 Å². The lowest BCUT2D eigenvalue weighted by Crippen LogP contribution is -2.51. The fourth-order valence-electron chi connectivity index (χ4n) is 3.13. The Balaban J connectivity index is 1.68. The van der Waals surface area contributed by atoms with Crippen molar-refractivity contribution in [1.82, 2.24) is 5.32 Å². The van der Waals surface area contributed by atoms with Crippen LogP contribution in [-0.2, 0) is 12.8 Å². The Bertz CT molecular complexity index is 452. The molecule has 1 saturated carbocycles. The molecule has 2 aliphatic rings. The minimum Gasteiger partial charge on any atom is -0.394 e. The van der Waals surface area contributed by atoms with Crippen molar-refractivity contribution in [2.24, 2.45) is 5.92 Å². The van der Waals surface area contributed by atoms with Gasteiger partial charge in [-0.1, -0.05) is 6.07 Å². The first-order chi connectivity index (χ1) is 9.27. The van der Waals surface area contributed by atoms with Crippen molar-refractivity contribution in [2.45, 2.75) is 42.5 Å². The molecule has 0 saturated heterocycles. The standard InChI is InChI=1S/C16H23NOS/c1-17-16(10-18,14-6-7-14)11-19-15-8-5-12-3-2-4-13(12)9-15/h5,8-9,14,17-18H,2-4,6-7,10-11H2,1H3. The quantitative estimate of drug-likeness (QED) is 0.784. The van der Waals surface area contributed by atoms with Gasteiger partial charge in [-0.2, -0.15) is 0 Å². The summed E-state index contributed by atoms with van der Waals surface area (Å²) in [5, 5.41) is 13.1. The molecule has 104 valence electrons. The molecule has 1 fully saturated rings. The molecule has 0 bridgehead atoms. The van der Waals surface area contributed by atoms with Crippen LogP contribution in [0.3, 0.4) is 0 Å². The molecule has 1 aromatic rings. The van der Waals surface area contributed by atoms with Crippen LogP contribution in [0, 0.1) is 5.92 Å². The molecule has 1 aromatic carbocycles. The van der Waals surface area contributed by atoms with Gasteiger partial charge in [0.15, 0.2) is 0 Å². The van der Waals surface area contributed by atoms with Crippen LogP contribution in [0.5, 0.6) is 0 Å². The second-order valence-corrected chi connectivity index (χ2v) is 6.96. The number of hydrogen-bond donors (Lipinski definition) is 2. The normalized spacial score (nSPS) is 21.2. The number of thioether (sulfide) groups is 1. The van der Waals surface area contributed by atoms with Gasteiger partial charge in [0, 0.05) is 10.6 Å². The summed E-state index contributed by atoms with van der Waals surface area (Å²) in [7, 11) is 1.98. The Morgan fingerprint density at radius 1 is 1.32 bits per heavy atom. The molecule has 2 nitrogen and oxygen atoms in total. The fourth-order valence-corrected chi connectivity index (χ4v) is 4.42. The zero-order valence-corrected chi connectivity index (χ0v) is 12.4. The number of aliphatic hydroxyl groups is 1. The second-order valence-electron chi connectivity index (χ2n) is 5.91. The predicted molar refractivity (Wildman–Crippen MR) is 80.8 cm³/mol. The summed E-state index contributed by atoms with van der Waals surface area (Å²) in [4.78, 5) is 1.36. The number of nitrogens with one attached hydrogen (secondary N) is 1. The van der Waals surface area contributed by atoms with Crippen LogP contribution < -0.4 is 5.32 Å². The van der Waals surface area contributed by atoms with E-state index in [9.17, 15) is 5.11 Å². The monoisotopic (exact) mass is 277 g/mol. The van der Waals surface area contributed by atoms with Crippen LogP contribution in [0.4, 0.5) is 0 Å². The minimum absolute atomic E-state index is 0.0797. The predicted octanol–water partition coefficient (Wildman–Crippen LogP) is 2.63. The first kappa shape index (κ1) is 13.5. The molecule has 0 aliphatic heterocycles. The Labute approximate surface area is 120 Å². The zero-order chi connectivity index (χ0) is 13.3. The van der Waals surface area contributed by atoms with Crippen molar-refractivity contribution in [1.29, 1.82) is 0 Å². The molecule has 1 unspecified atom stereocenters. The topological polar surface area (TPSA) is 32.3 Å². The third-order valence-electron chi connectivity index (χ3n) is 4.71. The number of benzene rings is 1. The highest BCUT2D eigenvalue weighted by Crippen LogP contribution is 2.42. The van der Waals surface area contributed by atoms with Gasteiger partial charge in [-0.05, 0) is 68.3 Å². The molecule has 3 rings (SSSR count). The summed E-state index contributed by atoms with van der Waals surface area (Å²) in [5.41, 5.74) is 2.99. The Hall–Kier alpha value is -0.510. The number of aryl methyl sites for hydroxylation is 2. The first-order valence-corrected chi connectivity index (χ1v) is 8.30. The van der Waals surface area contributed by atoms with Gasteiger partial charge in [-0.15, -0.1) is 11.8 Å². The number of hydrogen-bond acceptors (Lipinski definition) is 3. The van der Waals surface area contributed by atoms with E-state index >= 15 is 0 Å². The molecule has 0 amide bonds. The third kappa shape index (κ3) is 2.69. The number of fused-ring (bicyclic) bond motifs is 1. The molecule has 0 spiro atoms. The minimum atomic E-state index is -0.0797. The van der Waals surface area contributed by atoms with E-state index < -0.39 is 0 Å². The van der Waals surface area contributed by atoms with E-state index in [1.54, 1.807) is 0 Å². The van der Waals surface area contributed by atoms with Gasteiger partial charge in [0.2, 0.25) is 0 Å². The molecule has 2 aliphatic carbocycles. The van der Waals surface area contributed by atoms with Gasteiger partial charge in [0.1, 0.15) is 0 Å². The zero-order valence-electron chi connectivity index (χ0n) is 11.6. The largest absolute Gasteiger partial charge is 0.394 e. The summed E-state index contributed by atoms with van der Waals surface area (Å²) in [6.07, 6.45) is 6.31. The Morgan fingerprint density at radius 2 is 2.11 bits per heavy atom. The van der Waals surface area contributed by atoms with E-state index in [1.807, 2.05) is 18.8 Å². The van der Waals surface area contributed by atoms with Crippen molar-refractivity contribution in [3.8, 4) is 0 Å². The molecule has 3 heteroatoms. The average Bonchev–Trinajstić information content (AvgIpc) is 3.19. The second kappa shape index (κ2) is 5.47. The van der Waals surface area contributed by atoms with E-state index in [-0.39, 0.29) is 12.1 Å². The Morgan fingerprint density at radius 3 is 2.79 bits per heavy atom. The summed E-state index contributed by atoms with van der Waals surface area (Å²) >= 11 is 1.89. The summed E-state index contributed by atoms with van der Waals surface area (Å²) in [5.74, 6) is 1.62. The fraction of sp³-hybridized carbons (Fsp3) is 0.625. The van der Waals surface area contributed by atoms with E-state index in [2.05, 4.69) is 23.5 Å². The van der Waals surface area contributed by atoms with Crippen molar-refractivity contribution in [3.05, 3.63) is 29.3 Å². The number of rotatable bonds is 6. The van der Waals surface area contributed by atoms with E-state index in [4.69, 9.17) is 0 Å². The van der Waals surface area contributed by atoms with Crippen LogP contribution in [0.2, 0.25) is 0 Å². The first-order valence-electron chi connectivity index (χ1n) is 7.32. The van der Waals surface area contributed by atoms with Crippen molar-refractivity contribution in [3.63, 3.8) is 0 Å². The van der Waals surface area contributed by atoms with Crippen LogP contribution in [-0.4, -0.2) is 30.1 Å². The average molecular weight is 277 g/mol. The summed E-state index contributed by atoms with van der Waals surface area (Å²) in [6.45, 7) is 0.242. The Kier molecular flexibility index (Phi) is 3.88. The van der Waals surface area contributed by atoms with Crippen LogP contribution in [0.15, 0.2) is 23.1 Å². The van der Waals surface area contributed by atoms with Crippen LogP contribution in [0.25, 0.3) is 0 Å². The summed E-state index contributed by atoms with van der Waals surface area (Å²) < 4.78 is 0. The van der Waals surface area contributed by atoms with Crippen LogP contribution in [0.1, 0.15) is 30.4 Å². The number of aliphatic hydroxyl groups excluding tert-OH is 1. The van der Waals surface area contributed by atoms with Crippen molar-refractivity contribution >= 4 is 11.8 Å². The van der Waals surface area contributed by atoms with Gasteiger partial charge < -0.3 is 10.4 Å². The van der Waals surface area contributed by atoms with Gasteiger partial charge >= 0.3 is 0 Å². The summed E-state index contributed by atoms with van der Waals surface area (Å²) in [6, 6.07) is 6.90. The maximum absolute atomic E-state index is 9.74. The number of likely N-dealkylation sites (N-methyl/N-ethyl adjacent to an activating group) is 1. The highest BCUT2D eigenvalue weighted by molar-refractivity contribution is 7.99. The SMILES string of the molecule is CNC(CO)(CSc1ccc2c(c1)CCC2)C1CC1. The smallest absolute Gasteiger partial charge is 0.0624 e. The molecular weight excluding hydrogens is 254 g/mol. The van der Waals surface area contributed by atoms with Crippen LogP contribution >= 0.6 is 11.8 Å². The maximum atomic E-state index is 9.74. The van der Waals surface area contributed by atoms with E-state index in [1.165, 1.54) is 48.1 Å². The van der Waals surface area contributed by atoms with Gasteiger partial charge in [-0.3, -0.25) is 0 Å². The molecule has 0 radical (unpaired) electrons. The van der Waals surface area contributed by atoms with E-state index in [0.717, 1.165) is 5.75 Å². The molecule has 0 aromatic heterocycles. The van der Waals surface area contributed by atoms with Gasteiger partial charge in [0.25, 0.3) is 0 Å². The molecule has 2 N–H and O–H groups in total. The lowest BCUT2D eigenvalue weighted by Gasteiger charge is -2.31. The van der Waals surface area contributed by atoms with Gasteiger partial charge in [0.05, 0.1) is 12.1 Å². The highest BCUT2D eigenvalue weighted by atomic mass is 32.2. The highest BCUT2D eigenvalue weighted by Gasteiger charge is 2.43. The molecule has 19 heavy (non-hydrogen) atoms. The maximum Gasteiger partial charge on any atom is 0.0624 e. The van der Waals surface area contributed by atoms with E-state index in [0.29, 0.717) is 5.92 Å². The van der Waals surface area contributed by atoms with Crippen molar-refractivity contribution < 1.29 is 5.11 Å². The molecular formula is C16H23NOS. The van der Waals surface area contributed by atoms with Crippen molar-refractivity contribution in [2.75, 3.05) is 19.4 Å². The molecule has 1 atom stereocenters. The third-order valence-corrected chi connectivity index (χ3v) is 5.95.